The van der Waals surface area contributed by atoms with Gasteiger partial charge in [0.2, 0.25) is 5.91 Å². The lowest BCUT2D eigenvalue weighted by Crippen LogP contribution is -2.33. The fourth-order valence-corrected chi connectivity index (χ4v) is 1.45. The first-order chi connectivity index (χ1) is 9.08. The van der Waals surface area contributed by atoms with Crippen molar-refractivity contribution in [2.24, 2.45) is 10.7 Å². The average molecular weight is 260 g/mol. The lowest BCUT2D eigenvalue weighted by Gasteiger charge is -2.07. The molecule has 1 rings (SSSR count). The van der Waals surface area contributed by atoms with Gasteiger partial charge in [0.05, 0.1) is 12.2 Å². The molecule has 0 aliphatic carbocycles. The number of nitrogens with zero attached hydrogens (tertiary/aromatic N) is 1. The number of primary amides is 1. The van der Waals surface area contributed by atoms with E-state index in [0.29, 0.717) is 5.56 Å². The van der Waals surface area contributed by atoms with Crippen LogP contribution in [0.3, 0.4) is 0 Å². The number of nitrogens with two attached hydrogens (primary N) is 1. The molecule has 4 N–H and O–H groups in total. The zero-order chi connectivity index (χ0) is 14.3. The van der Waals surface area contributed by atoms with Crippen molar-refractivity contribution in [3.63, 3.8) is 0 Å². The molecule has 0 saturated carbocycles. The highest BCUT2D eigenvalue weighted by Crippen LogP contribution is 2.12. The highest BCUT2D eigenvalue weighted by atomic mass is 16.2. The molecular weight excluding hydrogens is 244 g/mol. The fourth-order valence-electron chi connectivity index (χ4n) is 1.45. The Balaban J connectivity index is 2.81. The van der Waals surface area contributed by atoms with Crippen LogP contribution >= 0.6 is 0 Å². The van der Waals surface area contributed by atoms with E-state index in [1.165, 1.54) is 0 Å². The van der Waals surface area contributed by atoms with Crippen LogP contribution in [0.1, 0.15) is 15.9 Å². The Labute approximate surface area is 111 Å². The van der Waals surface area contributed by atoms with Gasteiger partial charge in [-0.2, -0.15) is 0 Å². The van der Waals surface area contributed by atoms with E-state index in [9.17, 15) is 9.59 Å². The molecule has 0 heterocycles. The Morgan fingerprint density at radius 1 is 1.32 bits per heavy atom. The van der Waals surface area contributed by atoms with Crippen molar-refractivity contribution >= 4 is 24.2 Å². The second-order valence-electron chi connectivity index (χ2n) is 3.70. The summed E-state index contributed by atoms with van der Waals surface area (Å²) in [5.41, 5.74) is 7.07. The number of nitrogens with one attached hydrogen (secondary N) is 2. The first-order valence-corrected chi connectivity index (χ1v) is 5.59. The highest BCUT2D eigenvalue weighted by Gasteiger charge is 2.07. The molecule has 2 amide bonds. The fraction of sp³-hybridized carbons (Fsp3) is 0.154. The van der Waals surface area contributed by atoms with Gasteiger partial charge in [-0.3, -0.25) is 14.6 Å². The maximum absolute atomic E-state index is 11.6. The van der Waals surface area contributed by atoms with Crippen molar-refractivity contribution in [2.75, 3.05) is 13.6 Å². The van der Waals surface area contributed by atoms with Gasteiger partial charge in [-0.25, -0.2) is 0 Å². The molecule has 0 unspecified atom stereocenters. The predicted octanol–water partition coefficient (Wildman–Crippen LogP) is 0.120. The van der Waals surface area contributed by atoms with Gasteiger partial charge < -0.3 is 16.4 Å². The minimum absolute atomic E-state index is 0.178. The lowest BCUT2D eigenvalue weighted by molar-refractivity contribution is -0.117. The molecule has 1 aromatic carbocycles. The first kappa shape index (κ1) is 14.4. The van der Waals surface area contributed by atoms with E-state index in [-0.39, 0.29) is 12.5 Å². The normalized spacial score (nSPS) is 10.7. The monoisotopic (exact) mass is 260 g/mol. The van der Waals surface area contributed by atoms with Gasteiger partial charge >= 0.3 is 0 Å². The number of carbonyl (C=O) groups excluding carboxylic acids is 2. The largest absolute Gasteiger partial charge is 0.386 e. The summed E-state index contributed by atoms with van der Waals surface area (Å²) in [6.07, 6.45) is 1.59. The van der Waals surface area contributed by atoms with Crippen molar-refractivity contribution in [1.29, 1.82) is 0 Å². The van der Waals surface area contributed by atoms with E-state index < -0.39 is 5.91 Å². The van der Waals surface area contributed by atoms with Crippen LogP contribution in [0.4, 0.5) is 0 Å². The number of hydrogen-bond acceptors (Lipinski definition) is 4. The van der Waals surface area contributed by atoms with Gasteiger partial charge in [-0.15, -0.1) is 0 Å². The molecule has 1 aromatic rings. The van der Waals surface area contributed by atoms with Crippen LogP contribution in [0.5, 0.6) is 0 Å². The summed E-state index contributed by atoms with van der Waals surface area (Å²) >= 11 is 0. The summed E-state index contributed by atoms with van der Waals surface area (Å²) in [7, 11) is 1.77. The van der Waals surface area contributed by atoms with E-state index >= 15 is 0 Å². The summed E-state index contributed by atoms with van der Waals surface area (Å²) in [5, 5.41) is 5.39. The summed E-state index contributed by atoms with van der Waals surface area (Å²) in [5.74, 6) is -0.926. The molecule has 0 fully saturated rings. The molecule has 0 radical (unpaired) electrons. The Kier molecular flexibility index (Phi) is 5.28. The van der Waals surface area contributed by atoms with Crippen LogP contribution in [0.25, 0.3) is 5.70 Å². The Hall–Kier alpha value is -2.63. The highest BCUT2D eigenvalue weighted by molar-refractivity contribution is 5.96. The number of hydrogen-bond donors (Lipinski definition) is 3. The molecule has 0 atom stereocenters. The summed E-state index contributed by atoms with van der Waals surface area (Å²) in [6, 6.07) is 6.85. The van der Waals surface area contributed by atoms with Crippen LogP contribution < -0.4 is 16.4 Å². The SMILES string of the molecule is C=N/C=C(\NC)c1ccc(C(=O)NCC(N)=O)cc1. The van der Waals surface area contributed by atoms with E-state index in [2.05, 4.69) is 22.3 Å². The predicted molar refractivity (Wildman–Crippen MR) is 74.6 cm³/mol. The second-order valence-corrected chi connectivity index (χ2v) is 3.70. The summed E-state index contributed by atoms with van der Waals surface area (Å²) in [6.45, 7) is 3.21. The zero-order valence-corrected chi connectivity index (χ0v) is 10.6. The van der Waals surface area contributed by atoms with Gasteiger partial charge in [-0.1, -0.05) is 12.1 Å². The molecule has 0 bridgehead atoms. The number of carbonyl (C=O) groups is 2. The second kappa shape index (κ2) is 6.95. The summed E-state index contributed by atoms with van der Waals surface area (Å²) < 4.78 is 0. The van der Waals surface area contributed by atoms with Crippen LogP contribution in [0.2, 0.25) is 0 Å². The smallest absolute Gasteiger partial charge is 0.251 e. The molecule has 0 spiro atoms. The van der Waals surface area contributed by atoms with E-state index in [1.54, 1.807) is 37.5 Å². The Morgan fingerprint density at radius 3 is 2.37 bits per heavy atom. The third-order valence-electron chi connectivity index (χ3n) is 2.37. The Bertz CT molecular complexity index is 506. The van der Waals surface area contributed by atoms with Crippen LogP contribution in [-0.2, 0) is 4.79 Å². The van der Waals surface area contributed by atoms with Gasteiger partial charge in [0.15, 0.2) is 0 Å². The maximum atomic E-state index is 11.6. The molecule has 19 heavy (non-hydrogen) atoms. The maximum Gasteiger partial charge on any atom is 0.251 e. The molecule has 6 heteroatoms. The molecule has 0 aliphatic rings. The van der Waals surface area contributed by atoms with E-state index in [1.807, 2.05) is 0 Å². The van der Waals surface area contributed by atoms with Crippen molar-refractivity contribution in [1.82, 2.24) is 10.6 Å². The molecule has 0 aliphatic heterocycles. The standard InChI is InChI=1S/C13H16N4O2/c1-15-7-11(16-2)9-3-5-10(6-4-9)13(19)17-8-12(14)18/h3-7,16H,1,8H2,2H3,(H2,14,18)(H,17,19)/b11-7-. The van der Waals surface area contributed by atoms with E-state index in [4.69, 9.17) is 5.73 Å². The minimum Gasteiger partial charge on any atom is -0.386 e. The third kappa shape index (κ3) is 4.27. The zero-order valence-electron chi connectivity index (χ0n) is 10.6. The summed E-state index contributed by atoms with van der Waals surface area (Å²) in [4.78, 5) is 25.9. The number of aliphatic imine (C=N–C) groups is 1. The minimum atomic E-state index is -0.581. The average Bonchev–Trinajstić information content (AvgIpc) is 2.42. The third-order valence-corrected chi connectivity index (χ3v) is 2.37. The van der Waals surface area contributed by atoms with E-state index in [0.717, 1.165) is 11.3 Å². The lowest BCUT2D eigenvalue weighted by atomic mass is 10.1. The van der Waals surface area contributed by atoms with Gasteiger partial charge in [0.1, 0.15) is 0 Å². The quantitative estimate of drug-likeness (QED) is 0.634. The molecular formula is C13H16N4O2. The van der Waals surface area contributed by atoms with Crippen molar-refractivity contribution in [2.45, 2.75) is 0 Å². The topological polar surface area (TPSA) is 96.6 Å². The van der Waals surface area contributed by atoms with Crippen molar-refractivity contribution in [3.8, 4) is 0 Å². The number of rotatable bonds is 6. The van der Waals surface area contributed by atoms with Gasteiger partial charge in [0.25, 0.3) is 5.91 Å². The van der Waals surface area contributed by atoms with Crippen molar-refractivity contribution < 1.29 is 9.59 Å². The van der Waals surface area contributed by atoms with Crippen LogP contribution in [-0.4, -0.2) is 32.1 Å². The van der Waals surface area contributed by atoms with Gasteiger partial charge in [0, 0.05) is 18.8 Å². The van der Waals surface area contributed by atoms with Crippen LogP contribution in [0, 0.1) is 0 Å². The number of benzene rings is 1. The van der Waals surface area contributed by atoms with Crippen LogP contribution in [0.15, 0.2) is 35.5 Å². The van der Waals surface area contributed by atoms with Gasteiger partial charge in [-0.05, 0) is 24.4 Å². The first-order valence-electron chi connectivity index (χ1n) is 5.59. The number of amides is 2. The molecule has 100 valence electrons. The molecule has 0 aromatic heterocycles. The van der Waals surface area contributed by atoms with Crippen molar-refractivity contribution in [3.05, 3.63) is 41.6 Å². The molecule has 0 saturated heterocycles. The molecule has 6 nitrogen and oxygen atoms in total. The Morgan fingerprint density at radius 2 is 1.89 bits per heavy atom.